The molecule has 2 amide bonds. The second-order valence-electron chi connectivity index (χ2n) is 4.29. The summed E-state index contributed by atoms with van der Waals surface area (Å²) in [6.45, 7) is 7.40. The van der Waals surface area contributed by atoms with Gasteiger partial charge in [-0.05, 0) is 25.8 Å². The lowest BCUT2D eigenvalue weighted by atomic mass is 10.2. The van der Waals surface area contributed by atoms with E-state index in [-0.39, 0.29) is 6.03 Å². The zero-order valence-electron chi connectivity index (χ0n) is 11.4. The Labute approximate surface area is 109 Å². The van der Waals surface area contributed by atoms with Crippen molar-refractivity contribution in [3.05, 3.63) is 47.7 Å². The van der Waals surface area contributed by atoms with Crippen LogP contribution in [0.5, 0.6) is 0 Å². The van der Waals surface area contributed by atoms with Crippen molar-refractivity contribution in [2.75, 3.05) is 6.54 Å². The van der Waals surface area contributed by atoms with Gasteiger partial charge in [-0.3, -0.25) is 0 Å². The van der Waals surface area contributed by atoms with Gasteiger partial charge >= 0.3 is 6.03 Å². The third-order valence-electron chi connectivity index (χ3n) is 2.88. The highest BCUT2D eigenvalue weighted by atomic mass is 16.2. The number of hydrogen-bond donors (Lipinski definition) is 1. The second-order valence-corrected chi connectivity index (χ2v) is 4.29. The minimum absolute atomic E-state index is 0.0471. The van der Waals surface area contributed by atoms with E-state index in [4.69, 9.17) is 0 Å². The molecule has 0 aliphatic carbocycles. The largest absolute Gasteiger partial charge is 0.321 e. The predicted molar refractivity (Wildman–Crippen MR) is 75.1 cm³/mol. The molecule has 0 heterocycles. The number of urea groups is 1. The number of rotatable bonds is 5. The summed E-state index contributed by atoms with van der Waals surface area (Å²) in [6, 6.07) is 9.97. The van der Waals surface area contributed by atoms with Crippen LogP contribution in [0.4, 0.5) is 4.79 Å². The van der Waals surface area contributed by atoms with Crippen molar-refractivity contribution in [1.82, 2.24) is 10.2 Å². The number of nitrogens with one attached hydrogen (secondary N) is 1. The number of benzene rings is 1. The maximum absolute atomic E-state index is 12.0. The molecule has 0 saturated heterocycles. The molecule has 0 saturated carbocycles. The third kappa shape index (κ3) is 4.62. The number of hydrogen-bond acceptors (Lipinski definition) is 1. The molecule has 1 rings (SSSR count). The van der Waals surface area contributed by atoms with E-state index in [1.807, 2.05) is 44.2 Å². The van der Waals surface area contributed by atoms with Gasteiger partial charge in [-0.1, -0.05) is 42.8 Å². The Balaban J connectivity index is 2.58. The van der Waals surface area contributed by atoms with Gasteiger partial charge in [-0.25, -0.2) is 4.79 Å². The average Bonchev–Trinajstić information content (AvgIpc) is 2.42. The first-order chi connectivity index (χ1) is 8.67. The first-order valence-electron chi connectivity index (χ1n) is 6.42. The molecular formula is C15H22N2O. The summed E-state index contributed by atoms with van der Waals surface area (Å²) in [5.74, 6) is 0. The van der Waals surface area contributed by atoms with Crippen LogP contribution in [0, 0.1) is 0 Å². The van der Waals surface area contributed by atoms with Crippen LogP contribution in [0.2, 0.25) is 0 Å². The molecule has 1 N–H and O–H groups in total. The van der Waals surface area contributed by atoms with E-state index in [2.05, 4.69) is 12.2 Å². The topological polar surface area (TPSA) is 32.3 Å². The number of allylic oxidation sites excluding steroid dienone is 1. The molecule has 3 heteroatoms. The lowest BCUT2D eigenvalue weighted by Crippen LogP contribution is -2.37. The van der Waals surface area contributed by atoms with Gasteiger partial charge in [-0.15, -0.1) is 0 Å². The number of carbonyl (C=O) groups is 1. The quantitative estimate of drug-likeness (QED) is 0.847. The molecular weight excluding hydrogens is 224 g/mol. The standard InChI is InChI=1S/C15H22N2O/c1-4-13(3)11-16-15(18)17(5-2)12-14-9-7-6-8-10-14/h6-11H,4-5,12H2,1-3H3,(H,16,18)/b13-11+. The molecule has 18 heavy (non-hydrogen) atoms. The van der Waals surface area contributed by atoms with Gasteiger partial charge in [0.15, 0.2) is 0 Å². The fourth-order valence-corrected chi connectivity index (χ4v) is 1.51. The Morgan fingerprint density at radius 3 is 2.50 bits per heavy atom. The van der Waals surface area contributed by atoms with E-state index in [0.717, 1.165) is 12.0 Å². The highest BCUT2D eigenvalue weighted by Crippen LogP contribution is 2.04. The van der Waals surface area contributed by atoms with Crippen LogP contribution in [-0.4, -0.2) is 17.5 Å². The normalized spacial score (nSPS) is 11.2. The van der Waals surface area contributed by atoms with Crippen LogP contribution in [-0.2, 0) is 6.54 Å². The molecule has 98 valence electrons. The SMILES string of the molecule is CC/C(C)=C/NC(=O)N(CC)Cc1ccccc1. The fraction of sp³-hybridized carbons (Fsp3) is 0.400. The zero-order valence-corrected chi connectivity index (χ0v) is 11.4. The van der Waals surface area contributed by atoms with E-state index in [1.165, 1.54) is 5.57 Å². The summed E-state index contributed by atoms with van der Waals surface area (Å²) in [7, 11) is 0. The van der Waals surface area contributed by atoms with Crippen molar-refractivity contribution in [3.8, 4) is 0 Å². The first-order valence-corrected chi connectivity index (χ1v) is 6.42. The Hall–Kier alpha value is -1.77. The molecule has 0 unspecified atom stereocenters. The lowest BCUT2D eigenvalue weighted by Gasteiger charge is -2.20. The zero-order chi connectivity index (χ0) is 13.4. The van der Waals surface area contributed by atoms with Crippen LogP contribution in [0.1, 0.15) is 32.8 Å². The van der Waals surface area contributed by atoms with Crippen molar-refractivity contribution >= 4 is 6.03 Å². The molecule has 0 aliphatic heterocycles. The molecule has 1 aromatic carbocycles. The lowest BCUT2D eigenvalue weighted by molar-refractivity contribution is 0.202. The van der Waals surface area contributed by atoms with Gasteiger partial charge in [0.05, 0.1) is 0 Å². The molecule has 1 aromatic rings. The van der Waals surface area contributed by atoms with Gasteiger partial charge in [0.1, 0.15) is 0 Å². The summed E-state index contributed by atoms with van der Waals surface area (Å²) in [4.78, 5) is 13.8. The molecule has 0 aromatic heterocycles. The van der Waals surface area contributed by atoms with Gasteiger partial charge in [-0.2, -0.15) is 0 Å². The van der Waals surface area contributed by atoms with Crippen LogP contribution >= 0.6 is 0 Å². The van der Waals surface area contributed by atoms with Crippen LogP contribution in [0.15, 0.2) is 42.1 Å². The Kier molecular flexibility index (Phi) is 5.98. The summed E-state index contributed by atoms with van der Waals surface area (Å²) in [5, 5.41) is 2.83. The van der Waals surface area contributed by atoms with E-state index in [0.29, 0.717) is 13.1 Å². The summed E-state index contributed by atoms with van der Waals surface area (Å²) in [6.07, 6.45) is 2.74. The van der Waals surface area contributed by atoms with Crippen LogP contribution < -0.4 is 5.32 Å². The van der Waals surface area contributed by atoms with Gasteiger partial charge in [0.25, 0.3) is 0 Å². The fourth-order valence-electron chi connectivity index (χ4n) is 1.51. The van der Waals surface area contributed by atoms with Gasteiger partial charge < -0.3 is 10.2 Å². The summed E-state index contributed by atoms with van der Waals surface area (Å²) in [5.41, 5.74) is 2.31. The minimum atomic E-state index is -0.0471. The number of amides is 2. The maximum atomic E-state index is 12.0. The smallest absolute Gasteiger partial charge is 0.321 e. The van der Waals surface area contributed by atoms with Gasteiger partial charge in [0, 0.05) is 19.3 Å². The Morgan fingerprint density at radius 1 is 1.28 bits per heavy atom. The molecule has 0 aliphatic rings. The van der Waals surface area contributed by atoms with Crippen molar-refractivity contribution in [2.45, 2.75) is 33.7 Å². The van der Waals surface area contributed by atoms with Crippen molar-refractivity contribution in [2.24, 2.45) is 0 Å². The molecule has 0 radical (unpaired) electrons. The number of nitrogens with zero attached hydrogens (tertiary/aromatic N) is 1. The second kappa shape index (κ2) is 7.54. The van der Waals surface area contributed by atoms with E-state index in [1.54, 1.807) is 11.1 Å². The average molecular weight is 246 g/mol. The third-order valence-corrected chi connectivity index (χ3v) is 2.88. The summed E-state index contributed by atoms with van der Waals surface area (Å²) >= 11 is 0. The number of carbonyl (C=O) groups excluding carboxylic acids is 1. The molecule has 0 atom stereocenters. The maximum Gasteiger partial charge on any atom is 0.321 e. The summed E-state index contributed by atoms with van der Waals surface area (Å²) < 4.78 is 0. The van der Waals surface area contributed by atoms with E-state index < -0.39 is 0 Å². The molecule has 0 spiro atoms. The van der Waals surface area contributed by atoms with E-state index >= 15 is 0 Å². The van der Waals surface area contributed by atoms with E-state index in [9.17, 15) is 4.79 Å². The van der Waals surface area contributed by atoms with Gasteiger partial charge in [0.2, 0.25) is 0 Å². The molecule has 0 fully saturated rings. The van der Waals surface area contributed by atoms with Crippen LogP contribution in [0.3, 0.4) is 0 Å². The molecule has 3 nitrogen and oxygen atoms in total. The highest BCUT2D eigenvalue weighted by molar-refractivity contribution is 5.75. The Morgan fingerprint density at radius 2 is 1.94 bits per heavy atom. The minimum Gasteiger partial charge on any atom is -0.321 e. The highest BCUT2D eigenvalue weighted by Gasteiger charge is 2.10. The predicted octanol–water partition coefficient (Wildman–Crippen LogP) is 3.53. The van der Waals surface area contributed by atoms with Crippen molar-refractivity contribution in [1.29, 1.82) is 0 Å². The first kappa shape index (κ1) is 14.3. The van der Waals surface area contributed by atoms with Crippen LogP contribution in [0.25, 0.3) is 0 Å². The monoisotopic (exact) mass is 246 g/mol. The van der Waals surface area contributed by atoms with Crippen molar-refractivity contribution in [3.63, 3.8) is 0 Å². The molecule has 0 bridgehead atoms. The van der Waals surface area contributed by atoms with Crippen molar-refractivity contribution < 1.29 is 4.79 Å². The Bertz CT molecular complexity index is 398.